The number of furan rings is 1. The van der Waals surface area contributed by atoms with Crippen LogP contribution in [0.4, 0.5) is 5.82 Å². The number of anilines is 1. The monoisotopic (exact) mass is 423 g/mol. The van der Waals surface area contributed by atoms with Gasteiger partial charge in [-0.15, -0.1) is 10.2 Å². The van der Waals surface area contributed by atoms with E-state index in [1.54, 1.807) is 16.8 Å². The van der Waals surface area contributed by atoms with E-state index in [-0.39, 0.29) is 23.0 Å². The molecule has 0 spiro atoms. The number of rotatable bonds is 6. The number of para-hydroxylation sites is 1. The van der Waals surface area contributed by atoms with Crippen molar-refractivity contribution in [3.63, 3.8) is 0 Å². The molecule has 1 amide bonds. The van der Waals surface area contributed by atoms with Gasteiger partial charge in [-0.2, -0.15) is 5.10 Å². The first-order valence-corrected chi connectivity index (χ1v) is 10.3. The van der Waals surface area contributed by atoms with Gasteiger partial charge in [0, 0.05) is 11.5 Å². The number of hydrogen-bond acceptors (Lipinski definition) is 7. The molecule has 0 saturated heterocycles. The van der Waals surface area contributed by atoms with Crippen LogP contribution in [0, 0.1) is 0 Å². The first-order valence-electron chi connectivity index (χ1n) is 9.36. The van der Waals surface area contributed by atoms with E-state index in [0.717, 1.165) is 23.1 Å². The number of hydrogen-bond donors (Lipinski definition) is 1. The van der Waals surface area contributed by atoms with E-state index in [9.17, 15) is 4.79 Å². The minimum Gasteiger partial charge on any atom is -0.459 e. The number of benzene rings is 1. The third-order valence-corrected chi connectivity index (χ3v) is 5.03. The molecule has 3 heterocycles. The quantitative estimate of drug-likeness (QED) is 0.454. The molecule has 154 valence electrons. The summed E-state index contributed by atoms with van der Waals surface area (Å²) in [5.74, 6) is 1.29. The Kier molecular flexibility index (Phi) is 5.45. The number of thioether (sulfide) groups is 1. The molecule has 30 heavy (non-hydrogen) atoms. The van der Waals surface area contributed by atoms with Crippen molar-refractivity contribution in [2.75, 3.05) is 11.1 Å². The van der Waals surface area contributed by atoms with Crippen molar-refractivity contribution >= 4 is 23.5 Å². The third kappa shape index (κ3) is 4.46. The van der Waals surface area contributed by atoms with Gasteiger partial charge in [0.2, 0.25) is 5.91 Å². The summed E-state index contributed by atoms with van der Waals surface area (Å²) < 4.78 is 12.5. The van der Waals surface area contributed by atoms with Crippen LogP contribution in [0.2, 0.25) is 0 Å². The Labute approximate surface area is 177 Å². The number of carbonyl (C=O) groups is 1. The van der Waals surface area contributed by atoms with Crippen LogP contribution in [0.3, 0.4) is 0 Å². The summed E-state index contributed by atoms with van der Waals surface area (Å²) >= 11 is 1.16. The molecule has 9 heteroatoms. The van der Waals surface area contributed by atoms with Crippen LogP contribution in [-0.4, -0.2) is 31.6 Å². The average molecular weight is 423 g/mol. The van der Waals surface area contributed by atoms with E-state index in [2.05, 4.69) is 36.3 Å². The number of nitrogens with one attached hydrogen (secondary N) is 1. The van der Waals surface area contributed by atoms with Crippen molar-refractivity contribution in [3.8, 4) is 17.3 Å². The molecule has 0 aliphatic rings. The van der Waals surface area contributed by atoms with Crippen molar-refractivity contribution in [1.29, 1.82) is 0 Å². The predicted molar refractivity (Wildman–Crippen MR) is 114 cm³/mol. The zero-order valence-corrected chi connectivity index (χ0v) is 17.6. The highest BCUT2D eigenvalue weighted by Gasteiger charge is 2.22. The Morgan fingerprint density at radius 1 is 1.13 bits per heavy atom. The summed E-state index contributed by atoms with van der Waals surface area (Å²) in [6.07, 6.45) is 1.53. The Bertz CT molecular complexity index is 1130. The molecule has 1 aromatic carbocycles. The summed E-state index contributed by atoms with van der Waals surface area (Å²) in [6, 6.07) is 15.1. The van der Waals surface area contributed by atoms with Crippen LogP contribution in [0.15, 0.2) is 68.9 Å². The van der Waals surface area contributed by atoms with Gasteiger partial charge in [0.1, 0.15) is 5.82 Å². The van der Waals surface area contributed by atoms with Crippen molar-refractivity contribution < 1.29 is 13.6 Å². The standard InChI is InChI=1S/C21H21N5O3S/c1-21(2,3)16-12-17(26(25-16)14-8-5-4-6-9-14)22-18(27)13-30-20-24-23-19(29-20)15-10-7-11-28-15/h4-12H,13H2,1-3H3,(H,22,27). The number of aromatic nitrogens is 4. The Hall–Kier alpha value is -3.33. The molecule has 0 aliphatic heterocycles. The molecule has 0 bridgehead atoms. The lowest BCUT2D eigenvalue weighted by molar-refractivity contribution is -0.113. The highest BCUT2D eigenvalue weighted by molar-refractivity contribution is 7.99. The molecule has 1 N–H and O–H groups in total. The highest BCUT2D eigenvalue weighted by atomic mass is 32.2. The van der Waals surface area contributed by atoms with E-state index < -0.39 is 0 Å². The largest absolute Gasteiger partial charge is 0.459 e. The molecule has 0 fully saturated rings. The summed E-state index contributed by atoms with van der Waals surface area (Å²) in [5, 5.41) is 15.8. The minimum absolute atomic E-state index is 0.116. The lowest BCUT2D eigenvalue weighted by atomic mass is 9.92. The second-order valence-corrected chi connectivity index (χ2v) is 8.53. The SMILES string of the molecule is CC(C)(C)c1cc(NC(=O)CSc2nnc(-c3ccco3)o2)n(-c2ccccc2)n1. The smallest absolute Gasteiger partial charge is 0.284 e. The highest BCUT2D eigenvalue weighted by Crippen LogP contribution is 2.27. The van der Waals surface area contributed by atoms with Gasteiger partial charge < -0.3 is 14.2 Å². The van der Waals surface area contributed by atoms with Crippen LogP contribution in [0.1, 0.15) is 26.5 Å². The maximum atomic E-state index is 12.6. The fourth-order valence-electron chi connectivity index (χ4n) is 2.68. The van der Waals surface area contributed by atoms with E-state index in [4.69, 9.17) is 13.9 Å². The molecule has 0 atom stereocenters. The van der Waals surface area contributed by atoms with Crippen LogP contribution in [-0.2, 0) is 10.2 Å². The van der Waals surface area contributed by atoms with Gasteiger partial charge in [-0.1, -0.05) is 50.7 Å². The average Bonchev–Trinajstić information content (AvgIpc) is 3.46. The topological polar surface area (TPSA) is 99.0 Å². The fourth-order valence-corrected chi connectivity index (χ4v) is 3.24. The predicted octanol–water partition coefficient (Wildman–Crippen LogP) is 4.54. The lowest BCUT2D eigenvalue weighted by Gasteiger charge is -2.14. The van der Waals surface area contributed by atoms with Crippen molar-refractivity contribution in [3.05, 3.63) is 60.5 Å². The fraction of sp³-hybridized carbons (Fsp3) is 0.238. The second-order valence-electron chi connectivity index (χ2n) is 7.60. The molecule has 8 nitrogen and oxygen atoms in total. The van der Waals surface area contributed by atoms with Gasteiger partial charge in [0.05, 0.1) is 23.4 Å². The molecule has 3 aromatic heterocycles. The third-order valence-electron chi connectivity index (χ3n) is 4.21. The van der Waals surface area contributed by atoms with Gasteiger partial charge >= 0.3 is 0 Å². The van der Waals surface area contributed by atoms with Crippen LogP contribution >= 0.6 is 11.8 Å². The van der Waals surface area contributed by atoms with E-state index >= 15 is 0 Å². The molecule has 0 unspecified atom stereocenters. The van der Waals surface area contributed by atoms with Crippen molar-refractivity contribution in [2.24, 2.45) is 0 Å². The number of nitrogens with zero attached hydrogens (tertiary/aromatic N) is 4. The first kappa shape index (κ1) is 20.0. The van der Waals surface area contributed by atoms with Crippen LogP contribution in [0.5, 0.6) is 0 Å². The molecule has 4 rings (SSSR count). The molecule has 4 aromatic rings. The number of amides is 1. The molecule has 0 aliphatic carbocycles. The molecule has 0 saturated carbocycles. The lowest BCUT2D eigenvalue weighted by Crippen LogP contribution is -2.17. The summed E-state index contributed by atoms with van der Waals surface area (Å²) in [4.78, 5) is 12.6. The normalized spacial score (nSPS) is 11.6. The van der Waals surface area contributed by atoms with Gasteiger partial charge in [-0.3, -0.25) is 4.79 Å². The Morgan fingerprint density at radius 3 is 2.63 bits per heavy atom. The second kappa shape index (κ2) is 8.19. The summed E-state index contributed by atoms with van der Waals surface area (Å²) in [5.41, 5.74) is 1.60. The van der Waals surface area contributed by atoms with E-state index in [1.807, 2.05) is 36.4 Å². The zero-order valence-electron chi connectivity index (χ0n) is 16.8. The van der Waals surface area contributed by atoms with Crippen LogP contribution < -0.4 is 5.32 Å². The van der Waals surface area contributed by atoms with Crippen molar-refractivity contribution in [2.45, 2.75) is 31.4 Å². The first-order chi connectivity index (χ1) is 14.4. The Morgan fingerprint density at radius 2 is 1.93 bits per heavy atom. The molecule has 0 radical (unpaired) electrons. The van der Waals surface area contributed by atoms with Gasteiger partial charge in [0.25, 0.3) is 11.1 Å². The van der Waals surface area contributed by atoms with Crippen molar-refractivity contribution in [1.82, 2.24) is 20.0 Å². The maximum absolute atomic E-state index is 12.6. The summed E-state index contributed by atoms with van der Waals surface area (Å²) in [6.45, 7) is 6.24. The maximum Gasteiger partial charge on any atom is 0.284 e. The minimum atomic E-state index is -0.199. The Balaban J connectivity index is 1.47. The van der Waals surface area contributed by atoms with E-state index in [1.165, 1.54) is 6.26 Å². The van der Waals surface area contributed by atoms with Gasteiger partial charge in [0.15, 0.2) is 5.76 Å². The zero-order chi connectivity index (χ0) is 21.1. The number of carbonyl (C=O) groups excluding carboxylic acids is 1. The molecular weight excluding hydrogens is 402 g/mol. The van der Waals surface area contributed by atoms with Gasteiger partial charge in [-0.25, -0.2) is 4.68 Å². The van der Waals surface area contributed by atoms with Gasteiger partial charge in [-0.05, 0) is 24.3 Å². The summed E-state index contributed by atoms with van der Waals surface area (Å²) in [7, 11) is 0. The van der Waals surface area contributed by atoms with E-state index in [0.29, 0.717) is 16.8 Å². The van der Waals surface area contributed by atoms with Crippen LogP contribution in [0.25, 0.3) is 17.3 Å². The molecular formula is C21H21N5O3S.